The highest BCUT2D eigenvalue weighted by Gasteiger charge is 2.49. The Balaban J connectivity index is 2.08. The summed E-state index contributed by atoms with van der Waals surface area (Å²) in [5.74, 6) is 1.10. The van der Waals surface area contributed by atoms with Crippen molar-refractivity contribution >= 4 is 23.6 Å². The van der Waals surface area contributed by atoms with E-state index in [1.54, 1.807) is 11.8 Å². The Morgan fingerprint density at radius 2 is 2.00 bits per heavy atom. The highest BCUT2D eigenvalue weighted by molar-refractivity contribution is 8.07. The number of Topliss-reactive ketones (excluding diaryl/α,β-unsaturated/α-hetero) is 1. The second kappa shape index (κ2) is 4.04. The van der Waals surface area contributed by atoms with Crippen LogP contribution in [0.2, 0.25) is 0 Å². The van der Waals surface area contributed by atoms with Gasteiger partial charge in [-0.2, -0.15) is 0 Å². The van der Waals surface area contributed by atoms with Crippen molar-refractivity contribution in [3.8, 4) is 0 Å². The molecule has 84 valence electrons. The monoisotopic (exact) mass is 229 g/mol. The molecule has 1 aliphatic carbocycles. The second-order valence-electron chi connectivity index (χ2n) is 4.09. The number of thioether (sulfide) groups is 1. The molecular weight excluding hydrogens is 214 g/mol. The van der Waals surface area contributed by atoms with Gasteiger partial charge >= 0.3 is 6.09 Å². The van der Waals surface area contributed by atoms with Gasteiger partial charge in [0.2, 0.25) is 0 Å². The Bertz CT molecular complexity index is 282. The molecule has 1 aliphatic heterocycles. The molecule has 1 saturated heterocycles. The summed E-state index contributed by atoms with van der Waals surface area (Å²) in [5.41, 5.74) is -0.624. The molecule has 1 saturated carbocycles. The standard InChI is InChI=1S/C10H15NO3S/c1-14-9(13)11-10(4-2-3-5-10)8(12)7-6-15-7/h7H,2-6H2,1H3,(H,11,13). The smallest absolute Gasteiger partial charge is 0.407 e. The van der Waals surface area contributed by atoms with Gasteiger partial charge in [-0.05, 0) is 12.8 Å². The van der Waals surface area contributed by atoms with Crippen molar-refractivity contribution in [2.45, 2.75) is 36.5 Å². The molecule has 0 aromatic carbocycles. The van der Waals surface area contributed by atoms with Crippen LogP contribution in [0.3, 0.4) is 0 Å². The lowest BCUT2D eigenvalue weighted by Gasteiger charge is -2.27. The number of hydrogen-bond acceptors (Lipinski definition) is 4. The van der Waals surface area contributed by atoms with Crippen molar-refractivity contribution in [1.82, 2.24) is 5.32 Å². The van der Waals surface area contributed by atoms with Crippen LogP contribution in [0, 0.1) is 0 Å². The molecule has 2 rings (SSSR count). The second-order valence-corrected chi connectivity index (χ2v) is 5.33. The first-order valence-electron chi connectivity index (χ1n) is 5.20. The molecule has 1 heterocycles. The van der Waals surface area contributed by atoms with Crippen LogP contribution in [0.4, 0.5) is 4.79 Å². The molecule has 0 spiro atoms. The molecule has 2 aliphatic rings. The number of carbonyl (C=O) groups excluding carboxylic acids is 2. The van der Waals surface area contributed by atoms with E-state index < -0.39 is 11.6 Å². The summed E-state index contributed by atoms with van der Waals surface area (Å²) in [5, 5.41) is 2.85. The van der Waals surface area contributed by atoms with Gasteiger partial charge in [0.05, 0.1) is 12.4 Å². The molecule has 1 amide bonds. The Morgan fingerprint density at radius 1 is 1.40 bits per heavy atom. The van der Waals surface area contributed by atoms with E-state index in [0.29, 0.717) is 0 Å². The lowest BCUT2D eigenvalue weighted by atomic mass is 9.90. The average Bonchev–Trinajstić information content (AvgIpc) is 2.98. The van der Waals surface area contributed by atoms with Gasteiger partial charge in [-0.25, -0.2) is 4.79 Å². The number of ketones is 1. The van der Waals surface area contributed by atoms with Crippen molar-refractivity contribution in [2.75, 3.05) is 12.9 Å². The van der Waals surface area contributed by atoms with Crippen molar-refractivity contribution < 1.29 is 14.3 Å². The maximum absolute atomic E-state index is 12.1. The third kappa shape index (κ3) is 2.12. The number of nitrogens with one attached hydrogen (secondary N) is 1. The number of rotatable bonds is 3. The molecule has 0 aromatic rings. The highest BCUT2D eigenvalue weighted by atomic mass is 32.2. The summed E-state index contributed by atoms with van der Waals surface area (Å²) in [7, 11) is 1.33. The SMILES string of the molecule is COC(=O)NC1(C(=O)C2CS2)CCCC1. The maximum atomic E-state index is 12.1. The van der Waals surface area contributed by atoms with E-state index >= 15 is 0 Å². The van der Waals surface area contributed by atoms with Gasteiger partial charge in [-0.3, -0.25) is 4.79 Å². The zero-order valence-electron chi connectivity index (χ0n) is 8.75. The molecule has 0 bridgehead atoms. The molecule has 0 aromatic heterocycles. The molecule has 1 atom stereocenters. The lowest BCUT2D eigenvalue weighted by molar-refractivity contribution is -0.123. The quantitative estimate of drug-likeness (QED) is 0.742. The summed E-state index contributed by atoms with van der Waals surface area (Å²) in [6.45, 7) is 0. The largest absolute Gasteiger partial charge is 0.453 e. The van der Waals surface area contributed by atoms with Crippen molar-refractivity contribution in [3.05, 3.63) is 0 Å². The highest BCUT2D eigenvalue weighted by Crippen LogP contribution is 2.40. The summed E-state index contributed by atoms with van der Waals surface area (Å²) in [4.78, 5) is 23.3. The molecule has 1 N–H and O–H groups in total. The van der Waals surface area contributed by atoms with E-state index in [1.165, 1.54) is 7.11 Å². The fourth-order valence-corrected chi connectivity index (χ4v) is 2.79. The van der Waals surface area contributed by atoms with E-state index in [1.807, 2.05) is 0 Å². The fourth-order valence-electron chi connectivity index (χ4n) is 2.17. The molecule has 2 fully saturated rings. The summed E-state index contributed by atoms with van der Waals surface area (Å²) < 4.78 is 4.58. The van der Waals surface area contributed by atoms with Crippen LogP contribution in [-0.2, 0) is 9.53 Å². The van der Waals surface area contributed by atoms with Crippen LogP contribution >= 0.6 is 11.8 Å². The van der Waals surface area contributed by atoms with E-state index in [9.17, 15) is 9.59 Å². The van der Waals surface area contributed by atoms with Crippen LogP contribution in [0.25, 0.3) is 0 Å². The Hall–Kier alpha value is -0.710. The van der Waals surface area contributed by atoms with Gasteiger partial charge in [0.15, 0.2) is 5.78 Å². The van der Waals surface area contributed by atoms with Crippen LogP contribution in [0.1, 0.15) is 25.7 Å². The minimum atomic E-state index is -0.624. The molecule has 0 radical (unpaired) electrons. The summed E-state index contributed by atoms with van der Waals surface area (Å²) in [6.07, 6.45) is 3.05. The zero-order chi connectivity index (χ0) is 10.9. The summed E-state index contributed by atoms with van der Waals surface area (Å²) in [6, 6.07) is 0. The third-order valence-corrected chi connectivity index (χ3v) is 3.96. The predicted molar refractivity (Wildman–Crippen MR) is 58.0 cm³/mol. The van der Waals surface area contributed by atoms with Gasteiger partial charge in [0.25, 0.3) is 0 Å². The summed E-state index contributed by atoms with van der Waals surface area (Å²) >= 11 is 1.65. The number of amides is 1. The zero-order valence-corrected chi connectivity index (χ0v) is 9.56. The van der Waals surface area contributed by atoms with E-state index in [0.717, 1.165) is 31.4 Å². The first-order valence-corrected chi connectivity index (χ1v) is 6.25. The Labute approximate surface area is 93.1 Å². The first kappa shape index (κ1) is 10.8. The number of carbonyl (C=O) groups is 2. The van der Waals surface area contributed by atoms with Crippen molar-refractivity contribution in [3.63, 3.8) is 0 Å². The van der Waals surface area contributed by atoms with Gasteiger partial charge in [0, 0.05) is 5.75 Å². The first-order chi connectivity index (χ1) is 7.18. The Kier molecular flexibility index (Phi) is 2.91. The number of ether oxygens (including phenoxy) is 1. The van der Waals surface area contributed by atoms with Crippen LogP contribution < -0.4 is 5.32 Å². The van der Waals surface area contributed by atoms with Crippen LogP contribution in [0.5, 0.6) is 0 Å². The van der Waals surface area contributed by atoms with E-state index in [4.69, 9.17) is 0 Å². The topological polar surface area (TPSA) is 55.4 Å². The molecule has 1 unspecified atom stereocenters. The lowest BCUT2D eigenvalue weighted by Crippen LogP contribution is -2.54. The molecule has 4 nitrogen and oxygen atoms in total. The van der Waals surface area contributed by atoms with Gasteiger partial charge in [-0.15, -0.1) is 11.8 Å². The Morgan fingerprint density at radius 3 is 2.47 bits per heavy atom. The fraction of sp³-hybridized carbons (Fsp3) is 0.800. The van der Waals surface area contributed by atoms with Gasteiger partial charge < -0.3 is 10.1 Å². The number of methoxy groups -OCH3 is 1. The van der Waals surface area contributed by atoms with Gasteiger partial charge in [-0.1, -0.05) is 12.8 Å². The normalized spacial score (nSPS) is 27.1. The van der Waals surface area contributed by atoms with Crippen molar-refractivity contribution in [1.29, 1.82) is 0 Å². The number of hydrogen-bond donors (Lipinski definition) is 1. The molecule has 5 heteroatoms. The van der Waals surface area contributed by atoms with Gasteiger partial charge in [0.1, 0.15) is 5.54 Å². The minimum Gasteiger partial charge on any atom is -0.453 e. The third-order valence-electron chi connectivity index (χ3n) is 3.08. The maximum Gasteiger partial charge on any atom is 0.407 e. The minimum absolute atomic E-state index is 0.111. The van der Waals surface area contributed by atoms with Crippen LogP contribution in [-0.4, -0.2) is 35.5 Å². The van der Waals surface area contributed by atoms with Crippen molar-refractivity contribution in [2.24, 2.45) is 0 Å². The van der Waals surface area contributed by atoms with E-state index in [2.05, 4.69) is 10.1 Å². The predicted octanol–water partition coefficient (Wildman–Crippen LogP) is 1.34. The number of alkyl carbamates (subject to hydrolysis) is 1. The van der Waals surface area contributed by atoms with Crippen LogP contribution in [0.15, 0.2) is 0 Å². The average molecular weight is 229 g/mol. The molecule has 15 heavy (non-hydrogen) atoms. The molecular formula is C10H15NO3S. The van der Waals surface area contributed by atoms with E-state index in [-0.39, 0.29) is 11.0 Å².